The molecule has 0 bridgehead atoms. The van der Waals surface area contributed by atoms with E-state index in [1.54, 1.807) is 0 Å². The Labute approximate surface area is 79.9 Å². The maximum Gasteiger partial charge on any atom is 0.0594 e. The molecular weight excluding hydrogens is 176 g/mol. The van der Waals surface area contributed by atoms with Crippen LogP contribution in [0.4, 0.5) is 0 Å². The third-order valence-electron chi connectivity index (χ3n) is 2.79. The van der Waals surface area contributed by atoms with Gasteiger partial charge in [-0.05, 0) is 6.92 Å². The van der Waals surface area contributed by atoms with Gasteiger partial charge in [-0.3, -0.25) is 4.90 Å². The second kappa shape index (κ2) is 3.92. The van der Waals surface area contributed by atoms with Crippen molar-refractivity contribution in [2.75, 3.05) is 39.4 Å². The van der Waals surface area contributed by atoms with Gasteiger partial charge in [-0.25, -0.2) is 0 Å². The summed E-state index contributed by atoms with van der Waals surface area (Å²) in [6.07, 6.45) is 0. The summed E-state index contributed by atoms with van der Waals surface area (Å²) < 4.78 is 5.30. The van der Waals surface area contributed by atoms with Gasteiger partial charge in [-0.2, -0.15) is 0 Å². The molecule has 0 radical (unpaired) electrons. The molecule has 0 aromatic rings. The fraction of sp³-hybridized carbons (Fsp3) is 1.00. The molecule has 2 rings (SSSR count). The molecule has 0 saturated carbocycles. The molecule has 0 amide bonds. The van der Waals surface area contributed by atoms with Gasteiger partial charge in [0.25, 0.3) is 0 Å². The van der Waals surface area contributed by atoms with Crippen molar-refractivity contribution in [3.63, 3.8) is 0 Å². The van der Waals surface area contributed by atoms with Gasteiger partial charge in [-0.1, -0.05) is 0 Å². The van der Waals surface area contributed by atoms with Gasteiger partial charge in [-0.15, -0.1) is 12.4 Å². The number of ether oxygens (including phenoxy) is 1. The van der Waals surface area contributed by atoms with Crippen LogP contribution in [0, 0.1) is 0 Å². The van der Waals surface area contributed by atoms with Crippen molar-refractivity contribution in [3.8, 4) is 0 Å². The van der Waals surface area contributed by atoms with Crippen molar-refractivity contribution in [3.05, 3.63) is 0 Å². The summed E-state index contributed by atoms with van der Waals surface area (Å²) in [5.41, 5.74) is 0.434. The molecule has 0 aliphatic carbocycles. The molecule has 2 saturated heterocycles. The number of halogens is 1. The minimum Gasteiger partial charge on any atom is -0.379 e. The summed E-state index contributed by atoms with van der Waals surface area (Å²) in [6, 6.07) is 0. The van der Waals surface area contributed by atoms with E-state index in [0.29, 0.717) is 5.54 Å². The van der Waals surface area contributed by atoms with Crippen LogP contribution in [-0.4, -0.2) is 49.8 Å². The molecule has 12 heavy (non-hydrogen) atoms. The van der Waals surface area contributed by atoms with Crippen molar-refractivity contribution in [2.45, 2.75) is 12.5 Å². The van der Waals surface area contributed by atoms with Gasteiger partial charge in [0.2, 0.25) is 0 Å². The van der Waals surface area contributed by atoms with E-state index in [0.717, 1.165) is 39.4 Å². The highest BCUT2D eigenvalue weighted by atomic mass is 35.5. The molecule has 2 heterocycles. The smallest absolute Gasteiger partial charge is 0.0594 e. The molecule has 2 aliphatic rings. The van der Waals surface area contributed by atoms with Crippen LogP contribution in [0.2, 0.25) is 0 Å². The van der Waals surface area contributed by atoms with Crippen LogP contribution in [0.5, 0.6) is 0 Å². The van der Waals surface area contributed by atoms with Gasteiger partial charge in [0.15, 0.2) is 0 Å². The Kier molecular flexibility index (Phi) is 3.35. The molecule has 0 spiro atoms. The third-order valence-corrected chi connectivity index (χ3v) is 2.79. The van der Waals surface area contributed by atoms with Crippen LogP contribution in [0.25, 0.3) is 0 Å². The van der Waals surface area contributed by atoms with Crippen LogP contribution < -0.4 is 5.32 Å². The first-order valence-electron chi connectivity index (χ1n) is 4.35. The average molecular weight is 193 g/mol. The molecule has 4 heteroatoms. The number of rotatable bonds is 1. The van der Waals surface area contributed by atoms with Crippen molar-refractivity contribution in [2.24, 2.45) is 0 Å². The minimum atomic E-state index is 0. The number of nitrogens with one attached hydrogen (secondary N) is 1. The molecule has 2 fully saturated rings. The molecule has 72 valence electrons. The lowest BCUT2D eigenvalue weighted by atomic mass is 9.92. The maximum atomic E-state index is 5.30. The summed E-state index contributed by atoms with van der Waals surface area (Å²) in [5, 5.41) is 3.32. The predicted molar refractivity (Wildman–Crippen MR) is 50.9 cm³/mol. The van der Waals surface area contributed by atoms with Crippen LogP contribution in [-0.2, 0) is 4.74 Å². The van der Waals surface area contributed by atoms with Gasteiger partial charge in [0.1, 0.15) is 0 Å². The summed E-state index contributed by atoms with van der Waals surface area (Å²) >= 11 is 0. The highest BCUT2D eigenvalue weighted by Gasteiger charge is 2.38. The van der Waals surface area contributed by atoms with Gasteiger partial charge in [0.05, 0.1) is 13.2 Å². The third kappa shape index (κ3) is 1.74. The lowest BCUT2D eigenvalue weighted by molar-refractivity contribution is -0.0354. The summed E-state index contributed by atoms with van der Waals surface area (Å²) in [6.45, 7) is 8.66. The Balaban J connectivity index is 0.000000720. The van der Waals surface area contributed by atoms with E-state index in [2.05, 4.69) is 17.1 Å². The molecule has 0 aromatic carbocycles. The van der Waals surface area contributed by atoms with Crippen molar-refractivity contribution >= 4 is 12.4 Å². The van der Waals surface area contributed by atoms with E-state index in [9.17, 15) is 0 Å². The van der Waals surface area contributed by atoms with Crippen LogP contribution in [0.15, 0.2) is 0 Å². The molecule has 0 unspecified atom stereocenters. The maximum absolute atomic E-state index is 5.30. The fourth-order valence-corrected chi connectivity index (χ4v) is 1.81. The molecular formula is C8H17ClN2O. The molecule has 0 aromatic heterocycles. The van der Waals surface area contributed by atoms with E-state index in [1.807, 2.05) is 0 Å². The number of morpholine rings is 1. The Morgan fingerprint density at radius 1 is 1.25 bits per heavy atom. The minimum absolute atomic E-state index is 0. The highest BCUT2D eigenvalue weighted by Crippen LogP contribution is 2.20. The zero-order valence-corrected chi connectivity index (χ0v) is 8.32. The van der Waals surface area contributed by atoms with Crippen LogP contribution >= 0.6 is 12.4 Å². The van der Waals surface area contributed by atoms with Crippen molar-refractivity contribution < 1.29 is 4.74 Å². The first kappa shape index (κ1) is 10.3. The zero-order chi connectivity index (χ0) is 7.73. The second-order valence-electron chi connectivity index (χ2n) is 3.70. The van der Waals surface area contributed by atoms with Crippen molar-refractivity contribution in [1.29, 1.82) is 0 Å². The SMILES string of the molecule is CC1(N2CCOCC2)CNC1.Cl. The monoisotopic (exact) mass is 192 g/mol. The molecule has 2 aliphatic heterocycles. The quantitative estimate of drug-likeness (QED) is 0.638. The Morgan fingerprint density at radius 3 is 2.25 bits per heavy atom. The average Bonchev–Trinajstić information content (AvgIpc) is 2.02. The predicted octanol–water partition coefficient (Wildman–Crippen LogP) is 0.102. The Hall–Kier alpha value is 0.170. The highest BCUT2D eigenvalue weighted by molar-refractivity contribution is 5.85. The lowest BCUT2D eigenvalue weighted by Crippen LogP contribution is -2.68. The Bertz CT molecular complexity index is 144. The first-order valence-corrected chi connectivity index (χ1v) is 4.35. The number of hydrogen-bond acceptors (Lipinski definition) is 3. The first-order chi connectivity index (χ1) is 5.31. The molecule has 1 N–H and O–H groups in total. The number of hydrogen-bond donors (Lipinski definition) is 1. The van der Waals surface area contributed by atoms with Gasteiger partial charge >= 0.3 is 0 Å². The topological polar surface area (TPSA) is 24.5 Å². The summed E-state index contributed by atoms with van der Waals surface area (Å²) in [7, 11) is 0. The summed E-state index contributed by atoms with van der Waals surface area (Å²) in [5.74, 6) is 0. The van der Waals surface area contributed by atoms with E-state index in [1.165, 1.54) is 0 Å². The molecule has 0 atom stereocenters. The lowest BCUT2D eigenvalue weighted by Gasteiger charge is -2.49. The van der Waals surface area contributed by atoms with E-state index in [-0.39, 0.29) is 12.4 Å². The van der Waals surface area contributed by atoms with Gasteiger partial charge < -0.3 is 10.1 Å². The molecule has 3 nitrogen and oxygen atoms in total. The second-order valence-corrected chi connectivity index (χ2v) is 3.70. The fourth-order valence-electron chi connectivity index (χ4n) is 1.81. The summed E-state index contributed by atoms with van der Waals surface area (Å²) in [4.78, 5) is 2.53. The normalized spacial score (nSPS) is 28.8. The standard InChI is InChI=1S/C8H16N2O.ClH/c1-8(6-9-7-8)10-2-4-11-5-3-10;/h9H,2-7H2,1H3;1H. The van der Waals surface area contributed by atoms with Crippen LogP contribution in [0.3, 0.4) is 0 Å². The van der Waals surface area contributed by atoms with E-state index in [4.69, 9.17) is 4.74 Å². The Morgan fingerprint density at radius 2 is 1.83 bits per heavy atom. The van der Waals surface area contributed by atoms with Gasteiger partial charge in [0, 0.05) is 31.7 Å². The van der Waals surface area contributed by atoms with E-state index < -0.39 is 0 Å². The zero-order valence-electron chi connectivity index (χ0n) is 7.51. The van der Waals surface area contributed by atoms with Crippen molar-refractivity contribution in [1.82, 2.24) is 10.2 Å². The van der Waals surface area contributed by atoms with Crippen LogP contribution in [0.1, 0.15) is 6.92 Å². The van der Waals surface area contributed by atoms with E-state index >= 15 is 0 Å². The largest absolute Gasteiger partial charge is 0.379 e. The number of nitrogens with zero attached hydrogens (tertiary/aromatic N) is 1.